The molecule has 0 aliphatic carbocycles. The maximum Gasteiger partial charge on any atom is 0.152 e. The fourth-order valence-electron chi connectivity index (χ4n) is 2.56. The Balaban J connectivity index is 2.13. The molecular weight excluding hydrogens is 214 g/mol. The van der Waals surface area contributed by atoms with Gasteiger partial charge in [0, 0.05) is 31.0 Å². The van der Waals surface area contributed by atoms with E-state index in [1.807, 2.05) is 6.07 Å². The van der Waals surface area contributed by atoms with Gasteiger partial charge in [0.25, 0.3) is 0 Å². The monoisotopic (exact) mass is 229 g/mol. The van der Waals surface area contributed by atoms with Crippen molar-refractivity contribution in [2.75, 3.05) is 18.0 Å². The summed E-state index contributed by atoms with van der Waals surface area (Å²) in [6.07, 6.45) is 8.19. The van der Waals surface area contributed by atoms with Crippen molar-refractivity contribution in [3.05, 3.63) is 24.0 Å². The number of anilines is 1. The predicted octanol–water partition coefficient (Wildman–Crippen LogP) is 2.37. The van der Waals surface area contributed by atoms with Gasteiger partial charge in [0.1, 0.15) is 5.65 Å². The number of nitrogens with one attached hydrogen (secondary N) is 1. The van der Waals surface area contributed by atoms with Crippen molar-refractivity contribution in [1.82, 2.24) is 9.97 Å². The lowest BCUT2D eigenvalue weighted by Gasteiger charge is -2.29. The highest BCUT2D eigenvalue weighted by Gasteiger charge is 2.16. The van der Waals surface area contributed by atoms with E-state index in [0.717, 1.165) is 36.1 Å². The molecule has 17 heavy (non-hydrogen) atoms. The Bertz CT molecular complexity index is 541. The summed E-state index contributed by atoms with van der Waals surface area (Å²) in [5.74, 6) is 0. The van der Waals surface area contributed by atoms with Crippen molar-refractivity contribution < 1.29 is 4.79 Å². The minimum absolute atomic E-state index is 0.702. The summed E-state index contributed by atoms with van der Waals surface area (Å²) in [7, 11) is 0. The normalized spacial score (nSPS) is 16.4. The molecule has 88 valence electrons. The molecule has 1 aliphatic heterocycles. The van der Waals surface area contributed by atoms with Crippen LogP contribution in [0.5, 0.6) is 0 Å². The molecule has 1 fully saturated rings. The molecule has 0 radical (unpaired) electrons. The number of aldehydes is 1. The zero-order valence-electron chi connectivity index (χ0n) is 9.65. The second kappa shape index (κ2) is 4.20. The highest BCUT2D eigenvalue weighted by atomic mass is 16.1. The summed E-state index contributed by atoms with van der Waals surface area (Å²) in [5.41, 5.74) is 2.64. The van der Waals surface area contributed by atoms with Crippen LogP contribution in [-0.2, 0) is 0 Å². The van der Waals surface area contributed by atoms with E-state index in [4.69, 9.17) is 0 Å². The van der Waals surface area contributed by atoms with E-state index in [2.05, 4.69) is 14.9 Å². The van der Waals surface area contributed by atoms with Gasteiger partial charge in [-0.2, -0.15) is 0 Å². The van der Waals surface area contributed by atoms with Crippen LogP contribution >= 0.6 is 0 Å². The maximum atomic E-state index is 11.1. The molecule has 2 aromatic heterocycles. The standard InChI is InChI=1S/C13H15N3O/c17-9-10-8-15-13-12(10)11(4-5-14-13)16-6-2-1-3-7-16/h4-5,8-9H,1-3,6-7H2,(H,14,15). The fraction of sp³-hybridized carbons (Fsp3) is 0.385. The van der Waals surface area contributed by atoms with Gasteiger partial charge in [-0.25, -0.2) is 4.98 Å². The van der Waals surface area contributed by atoms with Gasteiger partial charge in [0.05, 0.1) is 11.1 Å². The molecule has 0 atom stereocenters. The summed E-state index contributed by atoms with van der Waals surface area (Å²) in [4.78, 5) is 20.7. The summed E-state index contributed by atoms with van der Waals surface area (Å²) in [5, 5.41) is 0.962. The van der Waals surface area contributed by atoms with Crippen LogP contribution in [-0.4, -0.2) is 29.3 Å². The molecule has 0 aromatic carbocycles. The van der Waals surface area contributed by atoms with Crippen LogP contribution in [0.2, 0.25) is 0 Å². The second-order valence-electron chi connectivity index (χ2n) is 4.46. The first-order chi connectivity index (χ1) is 8.40. The highest BCUT2D eigenvalue weighted by molar-refractivity contribution is 6.03. The first kappa shape index (κ1) is 10.3. The van der Waals surface area contributed by atoms with E-state index in [1.54, 1.807) is 12.4 Å². The quantitative estimate of drug-likeness (QED) is 0.804. The van der Waals surface area contributed by atoms with Crippen LogP contribution in [0.15, 0.2) is 18.5 Å². The molecule has 0 spiro atoms. The Morgan fingerprint density at radius 3 is 2.88 bits per heavy atom. The van der Waals surface area contributed by atoms with Gasteiger partial charge >= 0.3 is 0 Å². The number of aromatic nitrogens is 2. The van der Waals surface area contributed by atoms with Crippen LogP contribution in [0, 0.1) is 0 Å². The third-order valence-electron chi connectivity index (χ3n) is 3.41. The van der Waals surface area contributed by atoms with E-state index in [1.165, 1.54) is 19.3 Å². The number of hydrogen-bond donors (Lipinski definition) is 1. The number of pyridine rings is 1. The van der Waals surface area contributed by atoms with Crippen LogP contribution in [0.25, 0.3) is 11.0 Å². The van der Waals surface area contributed by atoms with Gasteiger partial charge in [-0.3, -0.25) is 4.79 Å². The molecule has 1 saturated heterocycles. The molecular formula is C13H15N3O. The largest absolute Gasteiger partial charge is 0.371 e. The Morgan fingerprint density at radius 2 is 2.12 bits per heavy atom. The maximum absolute atomic E-state index is 11.1. The molecule has 2 aromatic rings. The Morgan fingerprint density at radius 1 is 1.29 bits per heavy atom. The average Bonchev–Trinajstić information content (AvgIpc) is 2.82. The molecule has 3 heterocycles. The minimum atomic E-state index is 0.702. The molecule has 1 aliphatic rings. The van der Waals surface area contributed by atoms with Crippen molar-refractivity contribution in [3.8, 4) is 0 Å². The molecule has 0 amide bonds. The summed E-state index contributed by atoms with van der Waals surface area (Å²) < 4.78 is 0. The number of nitrogens with zero attached hydrogens (tertiary/aromatic N) is 2. The van der Waals surface area contributed by atoms with Crippen molar-refractivity contribution in [1.29, 1.82) is 0 Å². The topological polar surface area (TPSA) is 49.0 Å². The molecule has 4 heteroatoms. The van der Waals surface area contributed by atoms with Gasteiger partial charge in [0.15, 0.2) is 6.29 Å². The Hall–Kier alpha value is -1.84. The van der Waals surface area contributed by atoms with Crippen molar-refractivity contribution in [3.63, 3.8) is 0 Å². The van der Waals surface area contributed by atoms with Crippen LogP contribution < -0.4 is 4.90 Å². The lowest BCUT2D eigenvalue weighted by Crippen LogP contribution is -2.29. The number of hydrogen-bond acceptors (Lipinski definition) is 3. The van der Waals surface area contributed by atoms with E-state index in [0.29, 0.717) is 5.56 Å². The summed E-state index contributed by atoms with van der Waals surface area (Å²) in [6, 6.07) is 2.01. The van der Waals surface area contributed by atoms with Crippen LogP contribution in [0.1, 0.15) is 29.6 Å². The van der Waals surface area contributed by atoms with Crippen LogP contribution in [0.3, 0.4) is 0 Å². The van der Waals surface area contributed by atoms with Gasteiger partial charge in [-0.15, -0.1) is 0 Å². The SMILES string of the molecule is O=Cc1c[nH]c2nccc(N3CCCCC3)c12. The first-order valence-electron chi connectivity index (χ1n) is 6.06. The molecule has 0 saturated carbocycles. The summed E-state index contributed by atoms with van der Waals surface area (Å²) in [6.45, 7) is 2.14. The summed E-state index contributed by atoms with van der Waals surface area (Å²) >= 11 is 0. The number of piperidine rings is 1. The zero-order chi connectivity index (χ0) is 11.7. The average molecular weight is 229 g/mol. The molecule has 4 nitrogen and oxygen atoms in total. The van der Waals surface area contributed by atoms with Gasteiger partial charge in [-0.1, -0.05) is 0 Å². The number of aromatic amines is 1. The number of carbonyl (C=O) groups excluding carboxylic acids is 1. The van der Waals surface area contributed by atoms with E-state index < -0.39 is 0 Å². The van der Waals surface area contributed by atoms with E-state index in [-0.39, 0.29) is 0 Å². The van der Waals surface area contributed by atoms with Gasteiger partial charge in [0.2, 0.25) is 0 Å². The Kier molecular flexibility index (Phi) is 2.55. The van der Waals surface area contributed by atoms with Crippen LogP contribution in [0.4, 0.5) is 5.69 Å². The van der Waals surface area contributed by atoms with Crippen molar-refractivity contribution in [2.24, 2.45) is 0 Å². The zero-order valence-corrected chi connectivity index (χ0v) is 9.65. The fourth-order valence-corrected chi connectivity index (χ4v) is 2.56. The molecule has 1 N–H and O–H groups in total. The van der Waals surface area contributed by atoms with Gasteiger partial charge < -0.3 is 9.88 Å². The highest BCUT2D eigenvalue weighted by Crippen LogP contribution is 2.29. The smallest absolute Gasteiger partial charge is 0.152 e. The second-order valence-corrected chi connectivity index (χ2v) is 4.46. The lowest BCUT2D eigenvalue weighted by molar-refractivity contribution is 0.112. The third kappa shape index (κ3) is 1.69. The lowest BCUT2D eigenvalue weighted by atomic mass is 10.1. The number of carbonyl (C=O) groups is 1. The number of fused-ring (bicyclic) bond motifs is 1. The molecule has 0 unspecified atom stereocenters. The van der Waals surface area contributed by atoms with E-state index >= 15 is 0 Å². The third-order valence-corrected chi connectivity index (χ3v) is 3.41. The Labute approximate surface area is 99.6 Å². The van der Waals surface area contributed by atoms with Crippen molar-refractivity contribution >= 4 is 23.0 Å². The first-order valence-corrected chi connectivity index (χ1v) is 6.06. The predicted molar refractivity (Wildman–Crippen MR) is 67.5 cm³/mol. The number of H-pyrrole nitrogens is 1. The van der Waals surface area contributed by atoms with E-state index in [9.17, 15) is 4.79 Å². The number of rotatable bonds is 2. The van der Waals surface area contributed by atoms with Gasteiger partial charge in [-0.05, 0) is 25.3 Å². The molecule has 3 rings (SSSR count). The van der Waals surface area contributed by atoms with Crippen molar-refractivity contribution in [2.45, 2.75) is 19.3 Å². The minimum Gasteiger partial charge on any atom is -0.371 e. The molecule has 0 bridgehead atoms.